The second-order valence-electron chi connectivity index (χ2n) is 5.36. The van der Waals surface area contributed by atoms with Crippen LogP contribution in [0.1, 0.15) is 30.4 Å². The molecule has 1 saturated carbocycles. The Hall–Kier alpha value is -1.11. The van der Waals surface area contributed by atoms with Crippen molar-refractivity contribution < 1.29 is 13.5 Å². The van der Waals surface area contributed by atoms with Crippen LogP contribution in [0.25, 0.3) is 0 Å². The van der Waals surface area contributed by atoms with Crippen molar-refractivity contribution in [1.82, 2.24) is 4.72 Å². The highest BCUT2D eigenvalue weighted by Gasteiger charge is 2.35. The largest absolute Gasteiger partial charge is 0.398 e. The number of hydrogen-bond donors (Lipinski definition) is 3. The molecular weight excluding hydrogens is 264 g/mol. The summed E-state index contributed by atoms with van der Waals surface area (Å²) in [5.41, 5.74) is 7.10. The van der Waals surface area contributed by atoms with Gasteiger partial charge in [-0.1, -0.05) is 0 Å². The summed E-state index contributed by atoms with van der Waals surface area (Å²) in [4.78, 5) is 0.149. The molecule has 2 rings (SSSR count). The quantitative estimate of drug-likeness (QED) is 0.721. The number of benzene rings is 1. The van der Waals surface area contributed by atoms with Gasteiger partial charge < -0.3 is 10.8 Å². The number of rotatable bonds is 4. The molecule has 0 aliphatic heterocycles. The third-order valence-corrected chi connectivity index (χ3v) is 5.25. The first-order valence-electron chi connectivity index (χ1n) is 6.32. The first-order valence-corrected chi connectivity index (χ1v) is 7.81. The van der Waals surface area contributed by atoms with Crippen molar-refractivity contribution in [2.45, 2.75) is 43.6 Å². The van der Waals surface area contributed by atoms with Crippen LogP contribution in [0.4, 0.5) is 5.69 Å². The molecule has 6 heteroatoms. The SMILES string of the molecule is Cc1cc(S(=O)(=O)NCC2(O)CCC2)cc(N)c1C. The van der Waals surface area contributed by atoms with Crippen LogP contribution < -0.4 is 10.5 Å². The molecule has 106 valence electrons. The smallest absolute Gasteiger partial charge is 0.240 e. The number of aryl methyl sites for hydroxylation is 1. The van der Waals surface area contributed by atoms with E-state index in [1.807, 2.05) is 13.8 Å². The number of anilines is 1. The van der Waals surface area contributed by atoms with Crippen LogP contribution in [-0.2, 0) is 10.0 Å². The zero-order valence-electron chi connectivity index (χ0n) is 11.2. The number of aliphatic hydroxyl groups is 1. The van der Waals surface area contributed by atoms with E-state index in [1.165, 1.54) is 6.07 Å². The summed E-state index contributed by atoms with van der Waals surface area (Å²) >= 11 is 0. The van der Waals surface area contributed by atoms with Crippen LogP contribution >= 0.6 is 0 Å². The summed E-state index contributed by atoms with van der Waals surface area (Å²) in [5, 5.41) is 9.92. The van der Waals surface area contributed by atoms with Gasteiger partial charge in [0.15, 0.2) is 0 Å². The molecular formula is C13H20N2O3S. The Labute approximate surface area is 113 Å². The third kappa shape index (κ3) is 2.91. The average molecular weight is 284 g/mol. The van der Waals surface area contributed by atoms with E-state index in [-0.39, 0.29) is 11.4 Å². The van der Waals surface area contributed by atoms with Crippen LogP contribution in [0.15, 0.2) is 17.0 Å². The highest BCUT2D eigenvalue weighted by atomic mass is 32.2. The predicted molar refractivity (Wildman–Crippen MR) is 74.3 cm³/mol. The maximum absolute atomic E-state index is 12.2. The van der Waals surface area contributed by atoms with Gasteiger partial charge in [0.05, 0.1) is 10.5 Å². The van der Waals surface area contributed by atoms with Crippen molar-refractivity contribution in [2.75, 3.05) is 12.3 Å². The maximum Gasteiger partial charge on any atom is 0.240 e. The van der Waals surface area contributed by atoms with Crippen LogP contribution in [0.3, 0.4) is 0 Å². The van der Waals surface area contributed by atoms with Crippen LogP contribution in [-0.4, -0.2) is 25.7 Å². The van der Waals surface area contributed by atoms with E-state index >= 15 is 0 Å². The Kier molecular flexibility index (Phi) is 3.59. The lowest BCUT2D eigenvalue weighted by atomic mass is 9.81. The Morgan fingerprint density at radius 2 is 2.00 bits per heavy atom. The van der Waals surface area contributed by atoms with Crippen molar-refractivity contribution in [3.63, 3.8) is 0 Å². The molecule has 0 spiro atoms. The van der Waals surface area contributed by atoms with E-state index in [0.717, 1.165) is 17.5 Å². The molecule has 1 fully saturated rings. The van der Waals surface area contributed by atoms with Crippen LogP contribution in [0.2, 0.25) is 0 Å². The van der Waals surface area contributed by atoms with Gasteiger partial charge in [0.1, 0.15) is 0 Å². The van der Waals surface area contributed by atoms with Crippen molar-refractivity contribution in [3.05, 3.63) is 23.3 Å². The minimum Gasteiger partial charge on any atom is -0.398 e. The molecule has 4 N–H and O–H groups in total. The van der Waals surface area contributed by atoms with Gasteiger partial charge in [0, 0.05) is 12.2 Å². The molecule has 1 aliphatic rings. The minimum absolute atomic E-state index is 0.0577. The first kappa shape index (κ1) is 14.3. The summed E-state index contributed by atoms with van der Waals surface area (Å²) in [7, 11) is -3.62. The monoisotopic (exact) mass is 284 g/mol. The lowest BCUT2D eigenvalue weighted by Gasteiger charge is -2.36. The molecule has 0 aromatic heterocycles. The molecule has 0 unspecified atom stereocenters. The fourth-order valence-electron chi connectivity index (χ4n) is 2.08. The summed E-state index contributed by atoms with van der Waals surface area (Å²) in [5.74, 6) is 0. The highest BCUT2D eigenvalue weighted by Crippen LogP contribution is 2.31. The van der Waals surface area contributed by atoms with Gasteiger partial charge in [0.25, 0.3) is 0 Å². The van der Waals surface area contributed by atoms with E-state index < -0.39 is 15.6 Å². The van der Waals surface area contributed by atoms with Crippen LogP contribution in [0.5, 0.6) is 0 Å². The molecule has 1 aliphatic carbocycles. The number of hydrogen-bond acceptors (Lipinski definition) is 4. The lowest BCUT2D eigenvalue weighted by Crippen LogP contribution is -2.47. The molecule has 0 bridgehead atoms. The van der Waals surface area contributed by atoms with Gasteiger partial charge in [-0.15, -0.1) is 0 Å². The predicted octanol–water partition coefficient (Wildman–Crippen LogP) is 1.08. The van der Waals surface area contributed by atoms with Crippen molar-refractivity contribution in [2.24, 2.45) is 0 Å². The summed E-state index contributed by atoms with van der Waals surface area (Å²) in [6.45, 7) is 3.73. The second-order valence-corrected chi connectivity index (χ2v) is 7.12. The summed E-state index contributed by atoms with van der Waals surface area (Å²) in [6.07, 6.45) is 2.23. The molecule has 5 nitrogen and oxygen atoms in total. The molecule has 0 atom stereocenters. The highest BCUT2D eigenvalue weighted by molar-refractivity contribution is 7.89. The maximum atomic E-state index is 12.2. The fraction of sp³-hybridized carbons (Fsp3) is 0.538. The van der Waals surface area contributed by atoms with E-state index in [0.29, 0.717) is 18.5 Å². The third-order valence-electron chi connectivity index (χ3n) is 3.87. The zero-order valence-corrected chi connectivity index (χ0v) is 12.0. The minimum atomic E-state index is -3.62. The summed E-state index contributed by atoms with van der Waals surface area (Å²) in [6, 6.07) is 3.05. The van der Waals surface area contributed by atoms with E-state index in [1.54, 1.807) is 6.07 Å². The Morgan fingerprint density at radius 3 is 2.47 bits per heavy atom. The molecule has 19 heavy (non-hydrogen) atoms. The van der Waals surface area contributed by atoms with E-state index in [2.05, 4.69) is 4.72 Å². The van der Waals surface area contributed by atoms with Crippen molar-refractivity contribution >= 4 is 15.7 Å². The number of nitrogens with one attached hydrogen (secondary N) is 1. The van der Waals surface area contributed by atoms with Crippen molar-refractivity contribution in [3.8, 4) is 0 Å². The molecule has 1 aromatic carbocycles. The molecule has 0 amide bonds. The van der Waals surface area contributed by atoms with E-state index in [4.69, 9.17) is 5.73 Å². The zero-order chi connectivity index (χ0) is 14.3. The Morgan fingerprint density at radius 1 is 1.37 bits per heavy atom. The number of nitrogens with two attached hydrogens (primary N) is 1. The topological polar surface area (TPSA) is 92.4 Å². The van der Waals surface area contributed by atoms with Gasteiger partial charge in [-0.2, -0.15) is 0 Å². The normalized spacial score (nSPS) is 18.1. The first-order chi connectivity index (χ1) is 8.73. The lowest BCUT2D eigenvalue weighted by molar-refractivity contribution is -0.0270. The van der Waals surface area contributed by atoms with Gasteiger partial charge in [0.2, 0.25) is 10.0 Å². The van der Waals surface area contributed by atoms with Crippen molar-refractivity contribution in [1.29, 1.82) is 0 Å². The van der Waals surface area contributed by atoms with Gasteiger partial charge >= 0.3 is 0 Å². The number of nitrogen functional groups attached to an aromatic ring is 1. The molecule has 0 heterocycles. The van der Waals surface area contributed by atoms with Gasteiger partial charge in [-0.25, -0.2) is 13.1 Å². The molecule has 0 radical (unpaired) electrons. The molecule has 0 saturated heterocycles. The van der Waals surface area contributed by atoms with E-state index in [9.17, 15) is 13.5 Å². The fourth-order valence-corrected chi connectivity index (χ4v) is 3.32. The summed E-state index contributed by atoms with van der Waals surface area (Å²) < 4.78 is 26.8. The van der Waals surface area contributed by atoms with Gasteiger partial charge in [-0.05, 0) is 56.4 Å². The number of sulfonamides is 1. The van der Waals surface area contributed by atoms with Crippen LogP contribution in [0, 0.1) is 13.8 Å². The average Bonchev–Trinajstić information content (AvgIpc) is 2.30. The van der Waals surface area contributed by atoms with Gasteiger partial charge in [-0.3, -0.25) is 0 Å². The standard InChI is InChI=1S/C13H20N2O3S/c1-9-6-11(7-12(14)10(9)2)19(17,18)15-8-13(16)4-3-5-13/h6-7,15-16H,3-5,8,14H2,1-2H3. The molecule has 1 aromatic rings. The Bertz CT molecular complexity index is 569. The second kappa shape index (κ2) is 4.77. The Balaban J connectivity index is 2.19.